The zero-order chi connectivity index (χ0) is 15.1. The Morgan fingerprint density at radius 2 is 2.14 bits per heavy atom. The van der Waals surface area contributed by atoms with Crippen LogP contribution < -0.4 is 10.6 Å². The smallest absolute Gasteiger partial charge is 0.238 e. The SMILES string of the molecule is CCNCC1CCN(CC(=O)Nc2cccc(Cl)c2)CC1. The molecule has 0 unspecified atom stereocenters. The molecule has 1 amide bonds. The Bertz CT molecular complexity index is 459. The summed E-state index contributed by atoms with van der Waals surface area (Å²) in [4.78, 5) is 14.3. The average molecular weight is 310 g/mol. The van der Waals surface area contributed by atoms with Gasteiger partial charge in [0, 0.05) is 10.7 Å². The van der Waals surface area contributed by atoms with Crippen LogP contribution in [0.5, 0.6) is 0 Å². The summed E-state index contributed by atoms with van der Waals surface area (Å²) >= 11 is 5.91. The molecule has 1 aromatic carbocycles. The zero-order valence-electron chi connectivity index (χ0n) is 12.6. The van der Waals surface area contributed by atoms with E-state index in [0.717, 1.165) is 50.6 Å². The molecule has 1 saturated heterocycles. The van der Waals surface area contributed by atoms with Gasteiger partial charge >= 0.3 is 0 Å². The van der Waals surface area contributed by atoms with Crippen LogP contribution in [0.25, 0.3) is 0 Å². The monoisotopic (exact) mass is 309 g/mol. The number of nitrogens with zero attached hydrogens (tertiary/aromatic N) is 1. The van der Waals surface area contributed by atoms with Crippen LogP contribution in [0.3, 0.4) is 0 Å². The molecule has 4 nitrogen and oxygen atoms in total. The molecule has 1 aromatic rings. The summed E-state index contributed by atoms with van der Waals surface area (Å²) in [6, 6.07) is 7.25. The summed E-state index contributed by atoms with van der Waals surface area (Å²) in [7, 11) is 0. The number of benzene rings is 1. The van der Waals surface area contributed by atoms with E-state index in [9.17, 15) is 4.79 Å². The predicted octanol–water partition coefficient (Wildman–Crippen LogP) is 2.60. The third kappa shape index (κ3) is 5.65. The van der Waals surface area contributed by atoms with E-state index in [4.69, 9.17) is 11.6 Å². The van der Waals surface area contributed by atoms with Crippen LogP contribution in [0.1, 0.15) is 19.8 Å². The minimum Gasteiger partial charge on any atom is -0.325 e. The lowest BCUT2D eigenvalue weighted by atomic mass is 9.97. The van der Waals surface area contributed by atoms with Crippen molar-refractivity contribution in [2.45, 2.75) is 19.8 Å². The lowest BCUT2D eigenvalue weighted by molar-refractivity contribution is -0.117. The molecule has 0 radical (unpaired) electrons. The van der Waals surface area contributed by atoms with Crippen molar-refractivity contribution in [3.63, 3.8) is 0 Å². The predicted molar refractivity (Wildman–Crippen MR) is 87.8 cm³/mol. The molecule has 21 heavy (non-hydrogen) atoms. The van der Waals surface area contributed by atoms with E-state index >= 15 is 0 Å². The van der Waals surface area contributed by atoms with Gasteiger partial charge in [-0.05, 0) is 63.1 Å². The molecule has 0 atom stereocenters. The molecule has 1 aliphatic rings. The van der Waals surface area contributed by atoms with Crippen LogP contribution in [0.2, 0.25) is 5.02 Å². The second-order valence-corrected chi connectivity index (χ2v) is 6.02. The minimum absolute atomic E-state index is 0.0300. The Kier molecular flexibility index (Phi) is 6.49. The van der Waals surface area contributed by atoms with E-state index in [2.05, 4.69) is 22.5 Å². The van der Waals surface area contributed by atoms with Crippen LogP contribution in [0.4, 0.5) is 5.69 Å². The van der Waals surface area contributed by atoms with Gasteiger partial charge in [-0.1, -0.05) is 24.6 Å². The van der Waals surface area contributed by atoms with Crippen molar-refractivity contribution in [2.75, 3.05) is 38.0 Å². The molecular weight excluding hydrogens is 286 g/mol. The summed E-state index contributed by atoms with van der Waals surface area (Å²) in [6.45, 7) is 6.72. The molecule has 0 spiro atoms. The van der Waals surface area contributed by atoms with Crippen LogP contribution in [-0.4, -0.2) is 43.5 Å². The Labute approximate surface area is 131 Å². The Morgan fingerprint density at radius 3 is 2.81 bits per heavy atom. The quantitative estimate of drug-likeness (QED) is 0.849. The summed E-state index contributed by atoms with van der Waals surface area (Å²) in [6.07, 6.45) is 2.33. The molecular formula is C16H24ClN3O. The van der Waals surface area contributed by atoms with Crippen LogP contribution in [-0.2, 0) is 4.79 Å². The number of carbonyl (C=O) groups excluding carboxylic acids is 1. The summed E-state index contributed by atoms with van der Waals surface area (Å²) < 4.78 is 0. The van der Waals surface area contributed by atoms with Gasteiger partial charge in [0.25, 0.3) is 0 Å². The van der Waals surface area contributed by atoms with Gasteiger partial charge in [-0.2, -0.15) is 0 Å². The summed E-state index contributed by atoms with van der Waals surface area (Å²) in [5, 5.41) is 6.94. The fraction of sp³-hybridized carbons (Fsp3) is 0.562. The lowest BCUT2D eigenvalue weighted by Gasteiger charge is -2.31. The van der Waals surface area contributed by atoms with Gasteiger partial charge in [0.2, 0.25) is 5.91 Å². The minimum atomic E-state index is 0.0300. The number of carbonyl (C=O) groups is 1. The number of nitrogens with one attached hydrogen (secondary N) is 2. The van der Waals surface area contributed by atoms with Gasteiger partial charge < -0.3 is 10.6 Å². The molecule has 0 bridgehead atoms. The molecule has 5 heteroatoms. The lowest BCUT2D eigenvalue weighted by Crippen LogP contribution is -2.41. The average Bonchev–Trinajstić information content (AvgIpc) is 2.46. The number of hydrogen-bond donors (Lipinski definition) is 2. The second kappa shape index (κ2) is 8.37. The maximum atomic E-state index is 12.0. The van der Waals surface area contributed by atoms with Crippen LogP contribution in [0.15, 0.2) is 24.3 Å². The standard InChI is InChI=1S/C16H24ClN3O/c1-2-18-11-13-6-8-20(9-7-13)12-16(21)19-15-5-3-4-14(17)10-15/h3-5,10,13,18H,2,6-9,11-12H2,1H3,(H,19,21). The van der Waals surface area contributed by atoms with Crippen molar-refractivity contribution in [3.05, 3.63) is 29.3 Å². The fourth-order valence-corrected chi connectivity index (χ4v) is 2.86. The first-order chi connectivity index (χ1) is 10.2. The highest BCUT2D eigenvalue weighted by molar-refractivity contribution is 6.30. The van der Waals surface area contributed by atoms with Crippen molar-refractivity contribution in [3.8, 4) is 0 Å². The van der Waals surface area contributed by atoms with Gasteiger partial charge in [-0.3, -0.25) is 9.69 Å². The topological polar surface area (TPSA) is 44.4 Å². The zero-order valence-corrected chi connectivity index (χ0v) is 13.3. The second-order valence-electron chi connectivity index (χ2n) is 5.59. The number of anilines is 1. The Hall–Kier alpha value is -1.10. The molecule has 1 fully saturated rings. The third-order valence-electron chi connectivity index (χ3n) is 3.87. The molecule has 0 aromatic heterocycles. The highest BCUT2D eigenvalue weighted by atomic mass is 35.5. The molecule has 1 heterocycles. The molecule has 2 N–H and O–H groups in total. The van der Waals surface area contributed by atoms with Crippen molar-refractivity contribution < 1.29 is 4.79 Å². The highest BCUT2D eigenvalue weighted by Gasteiger charge is 2.20. The first-order valence-electron chi connectivity index (χ1n) is 7.66. The largest absolute Gasteiger partial charge is 0.325 e. The van der Waals surface area contributed by atoms with Crippen molar-refractivity contribution in [1.29, 1.82) is 0 Å². The highest BCUT2D eigenvalue weighted by Crippen LogP contribution is 2.17. The molecule has 1 aliphatic heterocycles. The Morgan fingerprint density at radius 1 is 1.38 bits per heavy atom. The Balaban J connectivity index is 1.72. The van der Waals surface area contributed by atoms with Crippen molar-refractivity contribution in [2.24, 2.45) is 5.92 Å². The maximum absolute atomic E-state index is 12.0. The molecule has 0 saturated carbocycles. The molecule has 0 aliphatic carbocycles. The van der Waals surface area contributed by atoms with E-state index in [0.29, 0.717) is 11.6 Å². The molecule has 2 rings (SSSR count). The van der Waals surface area contributed by atoms with Gasteiger partial charge in [-0.15, -0.1) is 0 Å². The summed E-state index contributed by atoms with van der Waals surface area (Å²) in [5.41, 5.74) is 0.759. The van der Waals surface area contributed by atoms with E-state index in [1.165, 1.54) is 0 Å². The van der Waals surface area contributed by atoms with E-state index in [-0.39, 0.29) is 5.91 Å². The number of rotatable bonds is 6. The molecule has 116 valence electrons. The van der Waals surface area contributed by atoms with Gasteiger partial charge in [-0.25, -0.2) is 0 Å². The van der Waals surface area contributed by atoms with Crippen LogP contribution >= 0.6 is 11.6 Å². The number of halogens is 1. The van der Waals surface area contributed by atoms with Gasteiger partial charge in [0.1, 0.15) is 0 Å². The van der Waals surface area contributed by atoms with Gasteiger partial charge in [0.15, 0.2) is 0 Å². The van der Waals surface area contributed by atoms with E-state index < -0.39 is 0 Å². The van der Waals surface area contributed by atoms with Crippen LogP contribution in [0, 0.1) is 5.92 Å². The number of piperidine rings is 1. The van der Waals surface area contributed by atoms with E-state index in [1.807, 2.05) is 12.1 Å². The maximum Gasteiger partial charge on any atom is 0.238 e. The van der Waals surface area contributed by atoms with Crippen molar-refractivity contribution >= 4 is 23.2 Å². The number of amides is 1. The third-order valence-corrected chi connectivity index (χ3v) is 4.10. The van der Waals surface area contributed by atoms with Crippen molar-refractivity contribution in [1.82, 2.24) is 10.2 Å². The first-order valence-corrected chi connectivity index (χ1v) is 8.03. The normalized spacial score (nSPS) is 16.9. The fourth-order valence-electron chi connectivity index (χ4n) is 2.67. The first kappa shape index (κ1) is 16.3. The number of likely N-dealkylation sites (tertiary alicyclic amines) is 1. The number of hydrogen-bond acceptors (Lipinski definition) is 3. The summed E-state index contributed by atoms with van der Waals surface area (Å²) in [5.74, 6) is 0.777. The van der Waals surface area contributed by atoms with Gasteiger partial charge in [0.05, 0.1) is 6.54 Å². The van der Waals surface area contributed by atoms with E-state index in [1.54, 1.807) is 12.1 Å².